The van der Waals surface area contributed by atoms with Gasteiger partial charge in [-0.15, -0.1) is 0 Å². The van der Waals surface area contributed by atoms with Crippen molar-refractivity contribution in [3.05, 3.63) is 52.1 Å². The summed E-state index contributed by atoms with van der Waals surface area (Å²) < 4.78 is 25.2. The number of rotatable bonds is 6. The Balaban J connectivity index is 1.94. The summed E-state index contributed by atoms with van der Waals surface area (Å²) in [6.07, 6.45) is 0. The average Bonchev–Trinajstić information content (AvgIpc) is 2.85. The van der Waals surface area contributed by atoms with E-state index in [0.717, 1.165) is 16.8 Å². The van der Waals surface area contributed by atoms with E-state index in [1.165, 1.54) is 6.07 Å². The highest BCUT2D eigenvalue weighted by Crippen LogP contribution is 2.23. The number of nitrogens with one attached hydrogen (secondary N) is 1. The SMILES string of the molecule is CCNCc1ccc(COc2cc(Br)ccc2F)o1. The highest BCUT2D eigenvalue weighted by molar-refractivity contribution is 9.10. The highest BCUT2D eigenvalue weighted by Gasteiger charge is 2.07. The first-order valence-electron chi connectivity index (χ1n) is 6.05. The van der Waals surface area contributed by atoms with Crippen molar-refractivity contribution in [1.29, 1.82) is 0 Å². The summed E-state index contributed by atoms with van der Waals surface area (Å²) in [6, 6.07) is 8.31. The van der Waals surface area contributed by atoms with Crippen LogP contribution in [0.3, 0.4) is 0 Å². The zero-order valence-electron chi connectivity index (χ0n) is 10.6. The maximum Gasteiger partial charge on any atom is 0.165 e. The van der Waals surface area contributed by atoms with Crippen molar-refractivity contribution in [2.75, 3.05) is 6.54 Å². The standard InChI is InChI=1S/C14H15BrFNO2/c1-2-17-8-11-4-5-12(19-11)9-18-14-7-10(15)3-6-13(14)16/h3-7,17H,2,8-9H2,1H3. The van der Waals surface area contributed by atoms with Gasteiger partial charge in [-0.2, -0.15) is 0 Å². The van der Waals surface area contributed by atoms with E-state index in [0.29, 0.717) is 12.3 Å². The molecule has 0 aliphatic rings. The fraction of sp³-hybridized carbons (Fsp3) is 0.286. The van der Waals surface area contributed by atoms with Gasteiger partial charge in [-0.25, -0.2) is 4.39 Å². The summed E-state index contributed by atoms with van der Waals surface area (Å²) in [7, 11) is 0. The van der Waals surface area contributed by atoms with Crippen molar-refractivity contribution in [2.24, 2.45) is 0 Å². The summed E-state index contributed by atoms with van der Waals surface area (Å²) in [5.74, 6) is 1.34. The van der Waals surface area contributed by atoms with Gasteiger partial charge in [-0.05, 0) is 36.9 Å². The lowest BCUT2D eigenvalue weighted by molar-refractivity contribution is 0.254. The molecule has 19 heavy (non-hydrogen) atoms. The molecule has 0 saturated heterocycles. The third-order valence-electron chi connectivity index (χ3n) is 2.53. The van der Waals surface area contributed by atoms with Crippen LogP contribution in [0.5, 0.6) is 5.75 Å². The quantitative estimate of drug-likeness (QED) is 0.874. The van der Waals surface area contributed by atoms with E-state index in [1.807, 2.05) is 19.1 Å². The van der Waals surface area contributed by atoms with E-state index in [9.17, 15) is 4.39 Å². The molecule has 0 saturated carbocycles. The number of ether oxygens (including phenoxy) is 1. The summed E-state index contributed by atoms with van der Waals surface area (Å²) in [5, 5.41) is 3.17. The van der Waals surface area contributed by atoms with Crippen molar-refractivity contribution in [3.63, 3.8) is 0 Å². The van der Waals surface area contributed by atoms with E-state index in [-0.39, 0.29) is 18.2 Å². The van der Waals surface area contributed by atoms with Gasteiger partial charge in [0.2, 0.25) is 0 Å². The molecule has 1 heterocycles. The van der Waals surface area contributed by atoms with Crippen LogP contribution in [0, 0.1) is 5.82 Å². The zero-order chi connectivity index (χ0) is 13.7. The van der Waals surface area contributed by atoms with Crippen LogP contribution in [0.2, 0.25) is 0 Å². The van der Waals surface area contributed by atoms with Crippen LogP contribution >= 0.6 is 15.9 Å². The molecule has 0 aliphatic carbocycles. The Morgan fingerprint density at radius 1 is 1.26 bits per heavy atom. The number of furan rings is 1. The molecular formula is C14H15BrFNO2. The van der Waals surface area contributed by atoms with Crippen LogP contribution in [0.4, 0.5) is 4.39 Å². The maximum atomic E-state index is 13.5. The van der Waals surface area contributed by atoms with Gasteiger partial charge >= 0.3 is 0 Å². The average molecular weight is 328 g/mol. The molecule has 0 fully saturated rings. The van der Waals surface area contributed by atoms with E-state index in [1.54, 1.807) is 12.1 Å². The van der Waals surface area contributed by atoms with Crippen LogP contribution in [0.15, 0.2) is 39.2 Å². The van der Waals surface area contributed by atoms with Gasteiger partial charge in [-0.1, -0.05) is 22.9 Å². The minimum absolute atomic E-state index is 0.207. The Morgan fingerprint density at radius 2 is 2.05 bits per heavy atom. The van der Waals surface area contributed by atoms with Crippen molar-refractivity contribution in [3.8, 4) is 5.75 Å². The van der Waals surface area contributed by atoms with Crippen molar-refractivity contribution < 1.29 is 13.5 Å². The lowest BCUT2D eigenvalue weighted by Crippen LogP contribution is -2.10. The van der Waals surface area contributed by atoms with Crippen LogP contribution < -0.4 is 10.1 Å². The first-order valence-corrected chi connectivity index (χ1v) is 6.84. The molecule has 1 N–H and O–H groups in total. The molecule has 0 aliphatic heterocycles. The van der Waals surface area contributed by atoms with E-state index in [4.69, 9.17) is 9.15 Å². The third kappa shape index (κ3) is 4.08. The zero-order valence-corrected chi connectivity index (χ0v) is 12.2. The fourth-order valence-corrected chi connectivity index (χ4v) is 1.92. The second-order valence-corrected chi connectivity index (χ2v) is 4.93. The molecule has 1 aromatic heterocycles. The molecule has 2 aromatic rings. The summed E-state index contributed by atoms with van der Waals surface area (Å²) in [6.45, 7) is 3.81. The molecule has 0 bridgehead atoms. The lowest BCUT2D eigenvalue weighted by atomic mass is 10.3. The third-order valence-corrected chi connectivity index (χ3v) is 3.02. The molecular weight excluding hydrogens is 313 g/mol. The first-order chi connectivity index (χ1) is 9.19. The molecule has 3 nitrogen and oxygen atoms in total. The van der Waals surface area contributed by atoms with Gasteiger partial charge in [0.05, 0.1) is 6.54 Å². The number of hydrogen-bond acceptors (Lipinski definition) is 3. The number of benzene rings is 1. The van der Waals surface area contributed by atoms with E-state index < -0.39 is 0 Å². The van der Waals surface area contributed by atoms with Crippen molar-refractivity contribution in [2.45, 2.75) is 20.1 Å². The summed E-state index contributed by atoms with van der Waals surface area (Å²) in [4.78, 5) is 0. The molecule has 5 heteroatoms. The van der Waals surface area contributed by atoms with E-state index >= 15 is 0 Å². The second kappa shape index (κ2) is 6.73. The first kappa shape index (κ1) is 14.1. The number of halogens is 2. The summed E-state index contributed by atoms with van der Waals surface area (Å²) >= 11 is 3.28. The molecule has 0 atom stereocenters. The molecule has 102 valence electrons. The topological polar surface area (TPSA) is 34.4 Å². The smallest absolute Gasteiger partial charge is 0.165 e. The van der Waals surface area contributed by atoms with Gasteiger partial charge in [0.1, 0.15) is 18.1 Å². The van der Waals surface area contributed by atoms with Crippen LogP contribution in [0.1, 0.15) is 18.4 Å². The molecule has 0 radical (unpaired) electrons. The molecule has 0 amide bonds. The molecule has 0 unspecified atom stereocenters. The molecule has 0 spiro atoms. The summed E-state index contributed by atoms with van der Waals surface area (Å²) in [5.41, 5.74) is 0. The minimum Gasteiger partial charge on any atom is -0.483 e. The monoisotopic (exact) mass is 327 g/mol. The van der Waals surface area contributed by atoms with Gasteiger partial charge in [0.15, 0.2) is 11.6 Å². The molecule has 2 rings (SSSR count). The maximum absolute atomic E-state index is 13.5. The second-order valence-electron chi connectivity index (χ2n) is 4.01. The van der Waals surface area contributed by atoms with Crippen molar-refractivity contribution in [1.82, 2.24) is 5.32 Å². The van der Waals surface area contributed by atoms with E-state index in [2.05, 4.69) is 21.2 Å². The Bertz CT molecular complexity index is 542. The largest absolute Gasteiger partial charge is 0.483 e. The van der Waals surface area contributed by atoms with Crippen molar-refractivity contribution >= 4 is 15.9 Å². The Kier molecular flexibility index (Phi) is 4.99. The normalized spacial score (nSPS) is 10.7. The van der Waals surface area contributed by atoms with Gasteiger partial charge in [-0.3, -0.25) is 0 Å². The Labute approximate surface area is 119 Å². The molecule has 1 aromatic carbocycles. The number of hydrogen-bond donors (Lipinski definition) is 1. The van der Waals surface area contributed by atoms with Crippen LogP contribution in [-0.2, 0) is 13.2 Å². The highest BCUT2D eigenvalue weighted by atomic mass is 79.9. The lowest BCUT2D eigenvalue weighted by Gasteiger charge is -2.06. The Hall–Kier alpha value is -1.33. The predicted molar refractivity (Wildman–Crippen MR) is 74.5 cm³/mol. The predicted octanol–water partition coefficient (Wildman–Crippen LogP) is 3.87. The van der Waals surface area contributed by atoms with Crippen LogP contribution in [0.25, 0.3) is 0 Å². The van der Waals surface area contributed by atoms with Crippen LogP contribution in [-0.4, -0.2) is 6.54 Å². The van der Waals surface area contributed by atoms with Gasteiger partial charge < -0.3 is 14.5 Å². The van der Waals surface area contributed by atoms with Gasteiger partial charge in [0.25, 0.3) is 0 Å². The minimum atomic E-state index is -0.386. The Morgan fingerprint density at radius 3 is 2.84 bits per heavy atom. The van der Waals surface area contributed by atoms with Gasteiger partial charge in [0, 0.05) is 4.47 Å². The fourth-order valence-electron chi connectivity index (χ4n) is 1.58.